The Kier molecular flexibility index (Phi) is 3.70. The van der Waals surface area contributed by atoms with Gasteiger partial charge in [0.05, 0.1) is 17.4 Å². The predicted molar refractivity (Wildman–Crippen MR) is 70.7 cm³/mol. The largest absolute Gasteiger partial charge is 0.371 e. The Bertz CT molecular complexity index is 588. The molecule has 2 aromatic heterocycles. The zero-order chi connectivity index (χ0) is 13.8. The van der Waals surface area contributed by atoms with Crippen molar-refractivity contribution in [3.8, 4) is 0 Å². The van der Waals surface area contributed by atoms with Crippen molar-refractivity contribution in [2.24, 2.45) is 0 Å². The van der Waals surface area contributed by atoms with E-state index in [-0.39, 0.29) is 11.4 Å². The summed E-state index contributed by atoms with van der Waals surface area (Å²) in [6.07, 6.45) is 4.53. The first-order chi connectivity index (χ1) is 9.15. The average molecular weight is 260 g/mol. The maximum absolute atomic E-state index is 14.0. The van der Waals surface area contributed by atoms with Gasteiger partial charge in [0.15, 0.2) is 11.6 Å². The Morgan fingerprint density at radius 3 is 2.79 bits per heavy atom. The molecular weight excluding hydrogens is 247 g/mol. The van der Waals surface area contributed by atoms with Crippen molar-refractivity contribution in [2.45, 2.75) is 0 Å². The fraction of sp³-hybridized carbons (Fsp3) is 0.154. The molecule has 0 fully saturated rings. The van der Waals surface area contributed by atoms with Gasteiger partial charge in [-0.3, -0.25) is 9.78 Å². The molecule has 0 spiro atoms. The molecule has 19 heavy (non-hydrogen) atoms. The summed E-state index contributed by atoms with van der Waals surface area (Å²) in [5.41, 5.74) is 0.556. The molecule has 0 saturated heterocycles. The molecule has 0 radical (unpaired) electrons. The molecule has 0 aliphatic carbocycles. The lowest BCUT2D eigenvalue weighted by atomic mass is 10.2. The van der Waals surface area contributed by atoms with Crippen LogP contribution in [0.4, 0.5) is 15.9 Å². The molecule has 1 N–H and O–H groups in total. The second-order valence-corrected chi connectivity index (χ2v) is 3.85. The molecular formula is C13H13FN4O. The standard InChI is InChI=1S/C13H13FN4O/c1-15-12-11(14)10(5-7-17-12)13(19)18(2)9-4-3-6-16-8-9/h3-8H,1-2H3,(H,15,17). The predicted octanol–water partition coefficient (Wildman–Crippen LogP) is 1.93. The monoisotopic (exact) mass is 260 g/mol. The van der Waals surface area contributed by atoms with E-state index in [9.17, 15) is 9.18 Å². The summed E-state index contributed by atoms with van der Waals surface area (Å²) in [5, 5.41) is 2.60. The van der Waals surface area contributed by atoms with Crippen LogP contribution in [-0.4, -0.2) is 30.0 Å². The fourth-order valence-electron chi connectivity index (χ4n) is 1.63. The van der Waals surface area contributed by atoms with E-state index in [0.717, 1.165) is 0 Å². The van der Waals surface area contributed by atoms with Crippen LogP contribution < -0.4 is 10.2 Å². The van der Waals surface area contributed by atoms with Crippen LogP contribution in [0.15, 0.2) is 36.8 Å². The molecule has 2 rings (SSSR count). The van der Waals surface area contributed by atoms with Gasteiger partial charge < -0.3 is 10.2 Å². The van der Waals surface area contributed by atoms with E-state index in [4.69, 9.17) is 0 Å². The van der Waals surface area contributed by atoms with Crippen LogP contribution in [0.2, 0.25) is 0 Å². The highest BCUT2D eigenvalue weighted by molar-refractivity contribution is 6.06. The van der Waals surface area contributed by atoms with Crippen LogP contribution in [0, 0.1) is 5.82 Å². The van der Waals surface area contributed by atoms with E-state index in [0.29, 0.717) is 5.69 Å². The number of hydrogen-bond donors (Lipinski definition) is 1. The Morgan fingerprint density at radius 2 is 2.16 bits per heavy atom. The fourth-order valence-corrected chi connectivity index (χ4v) is 1.63. The molecule has 98 valence electrons. The lowest BCUT2D eigenvalue weighted by Gasteiger charge is -2.17. The molecule has 0 aliphatic rings. The maximum Gasteiger partial charge on any atom is 0.261 e. The second-order valence-electron chi connectivity index (χ2n) is 3.85. The lowest BCUT2D eigenvalue weighted by Crippen LogP contribution is -2.27. The summed E-state index contributed by atoms with van der Waals surface area (Å²) < 4.78 is 14.0. The van der Waals surface area contributed by atoms with Gasteiger partial charge in [0, 0.05) is 26.5 Å². The Hall–Kier alpha value is -2.50. The van der Waals surface area contributed by atoms with Crippen LogP contribution in [0.1, 0.15) is 10.4 Å². The van der Waals surface area contributed by atoms with E-state index in [2.05, 4.69) is 15.3 Å². The molecule has 5 nitrogen and oxygen atoms in total. The zero-order valence-electron chi connectivity index (χ0n) is 10.6. The third-order valence-electron chi connectivity index (χ3n) is 2.69. The number of rotatable bonds is 3. The number of hydrogen-bond acceptors (Lipinski definition) is 4. The van der Waals surface area contributed by atoms with Gasteiger partial charge >= 0.3 is 0 Å². The molecule has 0 atom stereocenters. The van der Waals surface area contributed by atoms with Crippen molar-refractivity contribution >= 4 is 17.4 Å². The van der Waals surface area contributed by atoms with Crippen molar-refractivity contribution in [1.82, 2.24) is 9.97 Å². The second kappa shape index (κ2) is 5.43. The molecule has 6 heteroatoms. The van der Waals surface area contributed by atoms with Crippen molar-refractivity contribution in [3.63, 3.8) is 0 Å². The highest BCUT2D eigenvalue weighted by Gasteiger charge is 2.19. The number of pyridine rings is 2. The normalized spacial score (nSPS) is 10.1. The number of aromatic nitrogens is 2. The van der Waals surface area contributed by atoms with Gasteiger partial charge in [-0.2, -0.15) is 0 Å². The van der Waals surface area contributed by atoms with E-state index < -0.39 is 11.7 Å². The average Bonchev–Trinajstić information content (AvgIpc) is 2.47. The molecule has 1 amide bonds. The van der Waals surface area contributed by atoms with E-state index in [1.165, 1.54) is 23.4 Å². The zero-order valence-corrected chi connectivity index (χ0v) is 10.6. The Balaban J connectivity index is 2.35. The minimum absolute atomic E-state index is 0.0364. The van der Waals surface area contributed by atoms with Gasteiger partial charge in [-0.25, -0.2) is 9.37 Å². The van der Waals surface area contributed by atoms with Crippen LogP contribution in [0.25, 0.3) is 0 Å². The molecule has 0 unspecified atom stereocenters. The topological polar surface area (TPSA) is 58.1 Å². The Morgan fingerprint density at radius 1 is 1.37 bits per heavy atom. The maximum atomic E-state index is 14.0. The lowest BCUT2D eigenvalue weighted by molar-refractivity contribution is 0.0989. The molecule has 0 aliphatic heterocycles. The van der Waals surface area contributed by atoms with Crippen molar-refractivity contribution < 1.29 is 9.18 Å². The van der Waals surface area contributed by atoms with Gasteiger partial charge in [-0.1, -0.05) is 0 Å². The van der Waals surface area contributed by atoms with Crippen molar-refractivity contribution in [3.05, 3.63) is 48.2 Å². The van der Waals surface area contributed by atoms with Crippen LogP contribution in [0.3, 0.4) is 0 Å². The third-order valence-corrected chi connectivity index (χ3v) is 2.69. The number of carbonyl (C=O) groups excluding carboxylic acids is 1. The number of nitrogens with one attached hydrogen (secondary N) is 1. The van der Waals surface area contributed by atoms with Crippen LogP contribution >= 0.6 is 0 Å². The minimum Gasteiger partial charge on any atom is -0.371 e. The van der Waals surface area contributed by atoms with Gasteiger partial charge in [-0.15, -0.1) is 0 Å². The minimum atomic E-state index is -0.661. The van der Waals surface area contributed by atoms with Crippen LogP contribution in [0.5, 0.6) is 0 Å². The van der Waals surface area contributed by atoms with Crippen molar-refractivity contribution in [1.29, 1.82) is 0 Å². The van der Waals surface area contributed by atoms with E-state index >= 15 is 0 Å². The third kappa shape index (κ3) is 2.52. The molecule has 0 bridgehead atoms. The molecule has 2 heterocycles. The number of nitrogens with zero attached hydrogens (tertiary/aromatic N) is 3. The highest BCUT2D eigenvalue weighted by Crippen LogP contribution is 2.19. The molecule has 0 saturated carbocycles. The summed E-state index contributed by atoms with van der Waals surface area (Å²) in [4.78, 5) is 21.3. The van der Waals surface area contributed by atoms with E-state index in [1.807, 2.05) is 0 Å². The summed E-state index contributed by atoms with van der Waals surface area (Å²) in [6, 6.07) is 4.79. The first-order valence-corrected chi connectivity index (χ1v) is 5.65. The number of anilines is 2. The van der Waals surface area contributed by atoms with Gasteiger partial charge in [0.1, 0.15) is 0 Å². The summed E-state index contributed by atoms with van der Waals surface area (Å²) >= 11 is 0. The summed E-state index contributed by atoms with van der Waals surface area (Å²) in [6.45, 7) is 0. The number of carbonyl (C=O) groups is 1. The van der Waals surface area contributed by atoms with Gasteiger partial charge in [0.2, 0.25) is 0 Å². The highest BCUT2D eigenvalue weighted by atomic mass is 19.1. The Labute approximate surface area is 110 Å². The van der Waals surface area contributed by atoms with Gasteiger partial charge in [-0.05, 0) is 18.2 Å². The van der Waals surface area contributed by atoms with E-state index in [1.54, 1.807) is 32.4 Å². The molecule has 2 aromatic rings. The molecule has 0 aromatic carbocycles. The number of amides is 1. The quantitative estimate of drug-likeness (QED) is 0.916. The van der Waals surface area contributed by atoms with Gasteiger partial charge in [0.25, 0.3) is 5.91 Å². The van der Waals surface area contributed by atoms with Crippen molar-refractivity contribution in [2.75, 3.05) is 24.3 Å². The summed E-state index contributed by atoms with van der Waals surface area (Å²) in [7, 11) is 3.11. The summed E-state index contributed by atoms with van der Waals surface area (Å²) in [5.74, 6) is -1.07. The van der Waals surface area contributed by atoms with Crippen LogP contribution in [-0.2, 0) is 0 Å². The first kappa shape index (κ1) is 12.9. The number of halogens is 1. The SMILES string of the molecule is CNc1nccc(C(=O)N(C)c2cccnc2)c1F. The first-order valence-electron chi connectivity index (χ1n) is 5.65. The smallest absolute Gasteiger partial charge is 0.261 e.